The molecule has 0 amide bonds. The monoisotopic (exact) mass is 235 g/mol. The Morgan fingerprint density at radius 1 is 1.67 bits per heavy atom. The van der Waals surface area contributed by atoms with Crippen LogP contribution >= 0.6 is 15.9 Å². The average molecular weight is 236 g/mol. The quantitative estimate of drug-likeness (QED) is 0.398. The predicted molar refractivity (Wildman–Crippen MR) is 46.1 cm³/mol. The summed E-state index contributed by atoms with van der Waals surface area (Å²) in [5.41, 5.74) is -0.432. The summed E-state index contributed by atoms with van der Waals surface area (Å²) in [5, 5.41) is 10.3. The number of nitrogens with zero attached hydrogens (tertiary/aromatic N) is 1. The van der Waals surface area contributed by atoms with E-state index in [4.69, 9.17) is 0 Å². The van der Waals surface area contributed by atoms with Gasteiger partial charge in [-0.05, 0) is 12.0 Å². The molecular formula is C7H7BrFNO2. The predicted octanol–water partition coefficient (Wildman–Crippen LogP) is 2.41. The molecule has 0 aromatic heterocycles. The van der Waals surface area contributed by atoms with Crippen LogP contribution in [-0.4, -0.2) is 9.75 Å². The van der Waals surface area contributed by atoms with Gasteiger partial charge in [-0.3, -0.25) is 10.1 Å². The summed E-state index contributed by atoms with van der Waals surface area (Å²) in [6.07, 6.45) is 2.53. The first-order valence-electron chi connectivity index (χ1n) is 3.40. The highest BCUT2D eigenvalue weighted by molar-refractivity contribution is 9.09. The van der Waals surface area contributed by atoms with Crippen molar-refractivity contribution < 1.29 is 9.31 Å². The zero-order chi connectivity index (χ0) is 9.30. The fourth-order valence-electron chi connectivity index (χ4n) is 0.946. The molecule has 0 radical (unpaired) electrons. The fraction of sp³-hybridized carbons (Fsp3) is 0.429. The topological polar surface area (TPSA) is 43.1 Å². The lowest BCUT2D eigenvalue weighted by molar-refractivity contribution is -0.423. The molecule has 2 atom stereocenters. The molecule has 0 saturated carbocycles. The van der Waals surface area contributed by atoms with Crippen LogP contribution in [0.15, 0.2) is 23.7 Å². The first-order chi connectivity index (χ1) is 5.52. The minimum atomic E-state index is -0.764. The van der Waals surface area contributed by atoms with Gasteiger partial charge in [0.2, 0.25) is 0 Å². The Labute approximate surface area is 77.2 Å². The number of nitro groups is 1. The van der Waals surface area contributed by atoms with Crippen molar-refractivity contribution in [2.24, 2.45) is 5.92 Å². The summed E-state index contributed by atoms with van der Waals surface area (Å²) < 4.78 is 12.8. The zero-order valence-electron chi connectivity index (χ0n) is 6.33. The third kappa shape index (κ3) is 1.72. The van der Waals surface area contributed by atoms with Crippen LogP contribution in [0.5, 0.6) is 0 Å². The number of rotatable bonds is 1. The maximum Gasteiger partial charge on any atom is 0.300 e. The number of alkyl halides is 1. The van der Waals surface area contributed by atoms with Gasteiger partial charge in [0.05, 0.1) is 4.92 Å². The third-order valence-electron chi connectivity index (χ3n) is 1.67. The van der Waals surface area contributed by atoms with Gasteiger partial charge in [-0.1, -0.05) is 22.9 Å². The van der Waals surface area contributed by atoms with Gasteiger partial charge < -0.3 is 0 Å². The van der Waals surface area contributed by atoms with Crippen molar-refractivity contribution in [1.29, 1.82) is 0 Å². The molecule has 0 aromatic carbocycles. The second kappa shape index (κ2) is 3.35. The van der Waals surface area contributed by atoms with Crippen molar-refractivity contribution in [2.75, 3.05) is 0 Å². The molecule has 0 saturated heterocycles. The maximum absolute atomic E-state index is 12.8. The van der Waals surface area contributed by atoms with Crippen LogP contribution < -0.4 is 0 Å². The molecule has 1 aliphatic rings. The molecule has 0 aliphatic heterocycles. The minimum Gasteiger partial charge on any atom is -0.258 e. The van der Waals surface area contributed by atoms with Crippen LogP contribution in [0.25, 0.3) is 0 Å². The highest BCUT2D eigenvalue weighted by Crippen LogP contribution is 2.28. The number of hydrogen-bond acceptors (Lipinski definition) is 2. The van der Waals surface area contributed by atoms with E-state index in [1.54, 1.807) is 6.92 Å². The van der Waals surface area contributed by atoms with Gasteiger partial charge in [0, 0.05) is 10.9 Å². The summed E-state index contributed by atoms with van der Waals surface area (Å²) in [5.74, 6) is -0.815. The van der Waals surface area contributed by atoms with Gasteiger partial charge in [-0.2, -0.15) is 4.39 Å². The Balaban J connectivity index is 2.96. The van der Waals surface area contributed by atoms with E-state index in [0.29, 0.717) is 0 Å². The van der Waals surface area contributed by atoms with Crippen molar-refractivity contribution in [1.82, 2.24) is 0 Å². The largest absolute Gasteiger partial charge is 0.300 e. The average Bonchev–Trinajstić information content (AvgIpc) is 1.96. The lowest BCUT2D eigenvalue weighted by atomic mass is 10.0. The molecule has 3 nitrogen and oxygen atoms in total. The minimum absolute atomic E-state index is 0.0510. The standard InChI is InChI=1S/C7H7BrFNO2/c1-4-2-7(10(11)12)6(9)3-5(4)8/h2-5H,1H3. The van der Waals surface area contributed by atoms with E-state index in [0.717, 1.165) is 0 Å². The van der Waals surface area contributed by atoms with Gasteiger partial charge in [0.15, 0.2) is 5.83 Å². The lowest BCUT2D eigenvalue weighted by Gasteiger charge is -2.14. The number of allylic oxidation sites excluding steroid dienone is 3. The van der Waals surface area contributed by atoms with Crippen molar-refractivity contribution in [3.8, 4) is 0 Å². The van der Waals surface area contributed by atoms with E-state index in [1.807, 2.05) is 0 Å². The van der Waals surface area contributed by atoms with Crippen LogP contribution in [0, 0.1) is 16.0 Å². The molecule has 1 aliphatic carbocycles. The van der Waals surface area contributed by atoms with E-state index in [2.05, 4.69) is 15.9 Å². The second-order valence-corrected chi connectivity index (χ2v) is 3.68. The van der Waals surface area contributed by atoms with Crippen LogP contribution in [0.1, 0.15) is 6.92 Å². The number of hydrogen-bond donors (Lipinski definition) is 0. The van der Waals surface area contributed by atoms with Crippen molar-refractivity contribution in [2.45, 2.75) is 11.8 Å². The highest BCUT2D eigenvalue weighted by atomic mass is 79.9. The summed E-state index contributed by atoms with van der Waals surface area (Å²) in [7, 11) is 0. The molecule has 0 bridgehead atoms. The Kier molecular flexibility index (Phi) is 2.62. The molecule has 0 aromatic rings. The summed E-state index contributed by atoms with van der Waals surface area (Å²) >= 11 is 3.19. The maximum atomic E-state index is 12.8. The molecular weight excluding hydrogens is 229 g/mol. The molecule has 2 unspecified atom stereocenters. The van der Waals surface area contributed by atoms with Crippen molar-refractivity contribution in [3.63, 3.8) is 0 Å². The SMILES string of the molecule is CC1C=C([N+](=O)[O-])C(F)=CC1Br. The number of halogens is 2. The van der Waals surface area contributed by atoms with Gasteiger partial charge in [0.25, 0.3) is 0 Å². The normalized spacial score (nSPS) is 29.2. The van der Waals surface area contributed by atoms with Gasteiger partial charge in [-0.15, -0.1) is 0 Å². The Morgan fingerprint density at radius 2 is 2.25 bits per heavy atom. The van der Waals surface area contributed by atoms with E-state index < -0.39 is 16.4 Å². The van der Waals surface area contributed by atoms with Crippen LogP contribution in [0.4, 0.5) is 4.39 Å². The first-order valence-corrected chi connectivity index (χ1v) is 4.32. The van der Waals surface area contributed by atoms with Gasteiger partial charge >= 0.3 is 5.70 Å². The van der Waals surface area contributed by atoms with E-state index >= 15 is 0 Å². The molecule has 12 heavy (non-hydrogen) atoms. The molecule has 5 heteroatoms. The van der Waals surface area contributed by atoms with Crippen LogP contribution in [-0.2, 0) is 0 Å². The molecule has 66 valence electrons. The summed E-state index contributed by atoms with van der Waals surface area (Å²) in [6.45, 7) is 1.78. The Hall–Kier alpha value is -0.710. The first kappa shape index (κ1) is 9.38. The van der Waals surface area contributed by atoms with Crippen LogP contribution in [0.3, 0.4) is 0 Å². The van der Waals surface area contributed by atoms with Gasteiger partial charge in [-0.25, -0.2) is 0 Å². The van der Waals surface area contributed by atoms with Crippen molar-refractivity contribution >= 4 is 15.9 Å². The van der Waals surface area contributed by atoms with Gasteiger partial charge in [0.1, 0.15) is 0 Å². The highest BCUT2D eigenvalue weighted by Gasteiger charge is 2.27. The smallest absolute Gasteiger partial charge is 0.258 e. The molecule has 0 spiro atoms. The summed E-state index contributed by atoms with van der Waals surface area (Å²) in [6, 6.07) is 0. The van der Waals surface area contributed by atoms with E-state index in [1.165, 1.54) is 12.2 Å². The van der Waals surface area contributed by atoms with E-state index in [9.17, 15) is 14.5 Å². The van der Waals surface area contributed by atoms with E-state index in [-0.39, 0.29) is 10.7 Å². The third-order valence-corrected chi connectivity index (χ3v) is 2.77. The molecule has 0 fully saturated rings. The Bertz CT molecular complexity index is 275. The fourth-order valence-corrected chi connectivity index (χ4v) is 1.33. The molecule has 1 rings (SSSR count). The van der Waals surface area contributed by atoms with Crippen LogP contribution in [0.2, 0.25) is 0 Å². The zero-order valence-corrected chi connectivity index (χ0v) is 7.92. The Morgan fingerprint density at radius 3 is 2.75 bits per heavy atom. The summed E-state index contributed by atoms with van der Waals surface area (Å²) in [4.78, 5) is 9.40. The van der Waals surface area contributed by atoms with Crippen molar-refractivity contribution in [3.05, 3.63) is 33.8 Å². The molecule has 0 N–H and O–H groups in total. The molecule has 0 heterocycles. The second-order valence-electron chi connectivity index (χ2n) is 2.63. The lowest BCUT2D eigenvalue weighted by Crippen LogP contribution is -2.15.